The summed E-state index contributed by atoms with van der Waals surface area (Å²) in [6.07, 6.45) is -0.215. The van der Waals surface area contributed by atoms with Crippen molar-refractivity contribution >= 4 is 32.0 Å². The van der Waals surface area contributed by atoms with Gasteiger partial charge in [-0.05, 0) is 42.4 Å². The van der Waals surface area contributed by atoms with Crippen LogP contribution in [0.1, 0.15) is 42.4 Å². The van der Waals surface area contributed by atoms with Crippen LogP contribution in [0, 0.1) is 5.41 Å². The number of likely N-dealkylation sites (N-methyl/N-ethyl adjacent to an activating group) is 1. The predicted molar refractivity (Wildman–Crippen MR) is 183 cm³/mol. The minimum absolute atomic E-state index is 0.0295. The molecule has 1 atom stereocenters. The highest BCUT2D eigenvalue weighted by molar-refractivity contribution is 7.52. The lowest BCUT2D eigenvalue weighted by molar-refractivity contribution is -0.141. The molecule has 0 spiro atoms. The molecule has 15 heteroatoms. The van der Waals surface area contributed by atoms with Gasteiger partial charge in [-0.15, -0.1) is 0 Å². The Morgan fingerprint density at radius 2 is 1.08 bits per heavy atom. The lowest BCUT2D eigenvalue weighted by Crippen LogP contribution is -2.48. The van der Waals surface area contributed by atoms with Gasteiger partial charge in [-0.25, -0.2) is 18.9 Å². The number of hydrogen-bond donors (Lipinski definition) is 3. The molecule has 270 valence electrons. The minimum Gasteiger partial charge on any atom is -0.480 e. The van der Waals surface area contributed by atoms with Crippen LogP contribution < -0.4 is 5.09 Å². The Morgan fingerprint density at radius 3 is 1.50 bits per heavy atom. The molecule has 3 rings (SSSR count). The molecule has 0 aliphatic heterocycles. The molecule has 50 heavy (non-hydrogen) atoms. The fourth-order valence-electron chi connectivity index (χ4n) is 4.30. The van der Waals surface area contributed by atoms with Gasteiger partial charge in [0, 0.05) is 13.5 Å². The van der Waals surface area contributed by atoms with Crippen molar-refractivity contribution in [1.29, 1.82) is 5.41 Å². The third kappa shape index (κ3) is 15.5. The van der Waals surface area contributed by atoms with Crippen molar-refractivity contribution in [3.63, 3.8) is 0 Å². The second-order valence-electron chi connectivity index (χ2n) is 10.9. The molecule has 1 unspecified atom stereocenters. The monoisotopic (exact) mass is 713 g/mol. The van der Waals surface area contributed by atoms with E-state index in [1.807, 2.05) is 66.7 Å². The average molecular weight is 714 g/mol. The molecule has 0 radical (unpaired) electrons. The molecule has 0 bridgehead atoms. The zero-order valence-corrected chi connectivity index (χ0v) is 28.8. The summed E-state index contributed by atoms with van der Waals surface area (Å²) in [5, 5.41) is 20.8. The zero-order valence-electron chi connectivity index (χ0n) is 27.9. The smallest absolute Gasteiger partial charge is 0.480 e. The summed E-state index contributed by atoms with van der Waals surface area (Å²) in [5.41, 5.74) is 2.38. The van der Waals surface area contributed by atoms with E-state index in [2.05, 4.69) is 5.09 Å². The Balaban J connectivity index is 1.46. The lowest BCUT2D eigenvalue weighted by Gasteiger charge is -2.29. The number of carbonyl (C=O) groups excluding carboxylic acids is 2. The molecule has 14 nitrogen and oxygen atoms in total. The minimum atomic E-state index is -4.18. The number of carboxylic acid groups (broad SMARTS) is 1. The molecule has 0 amide bonds. The second-order valence-corrected chi connectivity index (χ2v) is 12.7. The number of rotatable bonds is 21. The SMILES string of the molecule is CN(C(=N)NP(=O)(OCCCCOC(=O)OCc1ccccc1)OCCCCOC(=O)OCc1ccccc1)C(Cc1ccccc1)C(=O)O. The number of unbranched alkanes of at least 4 members (excludes halogenated alkanes) is 2. The predicted octanol–water partition coefficient (Wildman–Crippen LogP) is 6.55. The third-order valence-electron chi connectivity index (χ3n) is 7.06. The summed E-state index contributed by atoms with van der Waals surface area (Å²) in [7, 11) is -2.79. The molecule has 3 aromatic rings. The van der Waals surface area contributed by atoms with Crippen LogP contribution in [-0.4, -0.2) is 73.8 Å². The molecule has 0 fully saturated rings. The van der Waals surface area contributed by atoms with Crippen LogP contribution in [0.15, 0.2) is 91.0 Å². The topological polar surface area (TPSA) is 183 Å². The van der Waals surface area contributed by atoms with Gasteiger partial charge in [-0.3, -0.25) is 19.5 Å². The van der Waals surface area contributed by atoms with E-state index in [4.69, 9.17) is 33.4 Å². The first-order valence-electron chi connectivity index (χ1n) is 16.1. The quantitative estimate of drug-likeness (QED) is 0.0356. The number of aliphatic carboxylic acids is 1. The fraction of sp³-hybridized carbons (Fsp3) is 0.371. The van der Waals surface area contributed by atoms with Gasteiger partial charge in [0.25, 0.3) is 0 Å². The number of nitrogens with zero attached hydrogens (tertiary/aromatic N) is 1. The third-order valence-corrected chi connectivity index (χ3v) is 8.59. The van der Waals surface area contributed by atoms with Crippen molar-refractivity contribution in [2.45, 2.75) is 51.4 Å². The number of guanidine groups is 1. The molecule has 3 aromatic carbocycles. The summed E-state index contributed by atoms with van der Waals surface area (Å²) in [5.74, 6) is -1.66. The molecule has 0 aliphatic rings. The summed E-state index contributed by atoms with van der Waals surface area (Å²) in [6.45, 7) is 0.0319. The van der Waals surface area contributed by atoms with E-state index in [0.29, 0.717) is 25.7 Å². The summed E-state index contributed by atoms with van der Waals surface area (Å²) >= 11 is 0. The first-order valence-corrected chi connectivity index (χ1v) is 17.6. The molecule has 0 saturated carbocycles. The van der Waals surface area contributed by atoms with Crippen LogP contribution in [0.4, 0.5) is 9.59 Å². The average Bonchev–Trinajstić information content (AvgIpc) is 3.12. The van der Waals surface area contributed by atoms with Crippen LogP contribution in [0.25, 0.3) is 0 Å². The number of benzene rings is 3. The number of hydrogen-bond acceptors (Lipinski definition) is 11. The van der Waals surface area contributed by atoms with Gasteiger partial charge in [0.05, 0.1) is 26.4 Å². The van der Waals surface area contributed by atoms with Gasteiger partial charge < -0.3 is 29.0 Å². The highest BCUT2D eigenvalue weighted by Crippen LogP contribution is 2.44. The van der Waals surface area contributed by atoms with E-state index >= 15 is 0 Å². The van der Waals surface area contributed by atoms with Crippen molar-refractivity contribution in [1.82, 2.24) is 9.99 Å². The maximum Gasteiger partial charge on any atom is 0.508 e. The van der Waals surface area contributed by atoms with Crippen molar-refractivity contribution in [2.75, 3.05) is 33.5 Å². The van der Waals surface area contributed by atoms with E-state index in [1.54, 1.807) is 24.3 Å². The standard InChI is InChI=1S/C35H44N3O11P/c1-38(31(32(39)40)25-28-15-5-2-6-16-28)33(36)37-50(43,48-23-13-11-21-44-34(41)46-26-29-17-7-3-8-18-29)49-24-14-12-22-45-35(42)47-27-30-19-9-4-10-20-30/h2-10,15-20,31H,11-14,21-27H2,1H3,(H,39,40)(H2,36,37,43). The summed E-state index contributed by atoms with van der Waals surface area (Å²) < 4.78 is 45.2. The number of ether oxygens (including phenoxy) is 4. The van der Waals surface area contributed by atoms with Crippen molar-refractivity contribution < 1.29 is 52.1 Å². The zero-order chi connectivity index (χ0) is 36.0. The number of carbonyl (C=O) groups is 3. The van der Waals surface area contributed by atoms with Crippen molar-refractivity contribution in [3.8, 4) is 0 Å². The van der Waals surface area contributed by atoms with Crippen LogP contribution >= 0.6 is 7.75 Å². The Labute approximate surface area is 291 Å². The van der Waals surface area contributed by atoms with Gasteiger partial charge in [0.15, 0.2) is 0 Å². The second kappa shape index (κ2) is 21.9. The molecule has 0 saturated heterocycles. The fourth-order valence-corrected chi connectivity index (χ4v) is 5.66. The molecule has 0 aromatic heterocycles. The maximum absolute atomic E-state index is 13.7. The van der Waals surface area contributed by atoms with E-state index in [0.717, 1.165) is 21.6 Å². The van der Waals surface area contributed by atoms with Gasteiger partial charge >= 0.3 is 26.0 Å². The lowest BCUT2D eigenvalue weighted by atomic mass is 10.1. The Bertz CT molecular complexity index is 1440. The van der Waals surface area contributed by atoms with Crippen LogP contribution in [0.5, 0.6) is 0 Å². The Kier molecular flexibility index (Phi) is 17.3. The van der Waals surface area contributed by atoms with Gasteiger partial charge in [0.2, 0.25) is 5.96 Å². The normalized spacial score (nSPS) is 11.5. The Morgan fingerprint density at radius 1 is 0.680 bits per heavy atom. The van der Waals surface area contributed by atoms with E-state index in [9.17, 15) is 24.1 Å². The summed E-state index contributed by atoms with van der Waals surface area (Å²) in [4.78, 5) is 37.0. The first-order chi connectivity index (χ1) is 24.1. The van der Waals surface area contributed by atoms with E-state index in [-0.39, 0.29) is 46.1 Å². The largest absolute Gasteiger partial charge is 0.508 e. The van der Waals surface area contributed by atoms with Gasteiger partial charge in [0.1, 0.15) is 19.3 Å². The maximum atomic E-state index is 13.7. The van der Waals surface area contributed by atoms with Gasteiger partial charge in [-0.1, -0.05) is 91.0 Å². The number of nitrogens with one attached hydrogen (secondary N) is 2. The van der Waals surface area contributed by atoms with Crippen LogP contribution in [0.2, 0.25) is 0 Å². The molecular weight excluding hydrogens is 669 g/mol. The molecular formula is C35H44N3O11P. The highest BCUT2D eigenvalue weighted by atomic mass is 31.2. The van der Waals surface area contributed by atoms with Crippen molar-refractivity contribution in [2.24, 2.45) is 0 Å². The van der Waals surface area contributed by atoms with Gasteiger partial charge in [-0.2, -0.15) is 0 Å². The van der Waals surface area contributed by atoms with E-state index < -0.39 is 38.0 Å². The van der Waals surface area contributed by atoms with Crippen molar-refractivity contribution in [3.05, 3.63) is 108 Å². The highest BCUT2D eigenvalue weighted by Gasteiger charge is 2.31. The first kappa shape index (κ1) is 39.5. The van der Waals surface area contributed by atoms with E-state index in [1.165, 1.54) is 7.05 Å². The van der Waals surface area contributed by atoms with Crippen LogP contribution in [-0.2, 0) is 57.0 Å². The van der Waals surface area contributed by atoms with Crippen LogP contribution in [0.3, 0.4) is 0 Å². The molecule has 0 aliphatic carbocycles. The molecule has 0 heterocycles. The summed E-state index contributed by atoms with van der Waals surface area (Å²) in [6, 6.07) is 26.1. The Hall–Kier alpha value is -4.91. The number of carboxylic acids is 1. The molecule has 3 N–H and O–H groups in total.